The Hall–Kier alpha value is -3.26. The predicted molar refractivity (Wildman–Crippen MR) is 111 cm³/mol. The van der Waals surface area contributed by atoms with E-state index < -0.39 is 5.91 Å². The Balaban J connectivity index is 2.21. The maximum atomic E-state index is 12.5. The second-order valence-electron chi connectivity index (χ2n) is 6.79. The Morgan fingerprint density at radius 1 is 1.18 bits per heavy atom. The van der Waals surface area contributed by atoms with Crippen LogP contribution in [0.4, 0.5) is 5.69 Å². The zero-order valence-electron chi connectivity index (χ0n) is 16.8. The Bertz CT molecular complexity index is 878. The summed E-state index contributed by atoms with van der Waals surface area (Å²) in [5, 5.41) is 12.2. The third-order valence-corrected chi connectivity index (χ3v) is 4.06. The van der Waals surface area contributed by atoms with Gasteiger partial charge in [-0.2, -0.15) is 5.26 Å². The summed E-state index contributed by atoms with van der Waals surface area (Å²) < 4.78 is 11.1. The highest BCUT2D eigenvalue weighted by molar-refractivity contribution is 6.09. The zero-order valence-corrected chi connectivity index (χ0v) is 16.8. The SMILES string of the molecule is CCc1ccc(NC(=O)/C(C#N)=C/c2ccc(OC)c(OCC(C)C)c2)cc1. The van der Waals surface area contributed by atoms with E-state index in [1.807, 2.05) is 30.3 Å². The summed E-state index contributed by atoms with van der Waals surface area (Å²) in [6.07, 6.45) is 2.47. The lowest BCUT2D eigenvalue weighted by molar-refractivity contribution is -0.112. The van der Waals surface area contributed by atoms with Crippen LogP contribution in [0.2, 0.25) is 0 Å². The van der Waals surface area contributed by atoms with Crippen LogP contribution in [-0.4, -0.2) is 19.6 Å². The number of amides is 1. The minimum absolute atomic E-state index is 0.0135. The quantitative estimate of drug-likeness (QED) is 0.527. The van der Waals surface area contributed by atoms with E-state index in [1.54, 1.807) is 25.3 Å². The number of ether oxygens (including phenoxy) is 2. The number of carbonyl (C=O) groups excluding carboxylic acids is 1. The van der Waals surface area contributed by atoms with Gasteiger partial charge in [-0.15, -0.1) is 0 Å². The summed E-state index contributed by atoms with van der Waals surface area (Å²) in [5.74, 6) is 1.10. The number of hydrogen-bond acceptors (Lipinski definition) is 4. The van der Waals surface area contributed by atoms with Crippen LogP contribution in [0.1, 0.15) is 31.9 Å². The number of benzene rings is 2. The monoisotopic (exact) mass is 378 g/mol. The van der Waals surface area contributed by atoms with E-state index in [0.29, 0.717) is 35.3 Å². The van der Waals surface area contributed by atoms with Gasteiger partial charge in [0.1, 0.15) is 11.6 Å². The Morgan fingerprint density at radius 3 is 2.46 bits per heavy atom. The topological polar surface area (TPSA) is 71.4 Å². The zero-order chi connectivity index (χ0) is 20.5. The van der Waals surface area contributed by atoms with Crippen LogP contribution in [0.15, 0.2) is 48.0 Å². The first-order valence-corrected chi connectivity index (χ1v) is 9.29. The third-order valence-electron chi connectivity index (χ3n) is 4.06. The molecule has 28 heavy (non-hydrogen) atoms. The fourth-order valence-corrected chi connectivity index (χ4v) is 2.49. The van der Waals surface area contributed by atoms with Gasteiger partial charge in [-0.3, -0.25) is 4.79 Å². The van der Waals surface area contributed by atoms with Crippen molar-refractivity contribution in [1.82, 2.24) is 0 Å². The van der Waals surface area contributed by atoms with Gasteiger partial charge >= 0.3 is 0 Å². The van der Waals surface area contributed by atoms with Gasteiger partial charge in [0.05, 0.1) is 13.7 Å². The van der Waals surface area contributed by atoms with Crippen molar-refractivity contribution in [2.75, 3.05) is 19.0 Å². The van der Waals surface area contributed by atoms with Crippen LogP contribution in [0.5, 0.6) is 11.5 Å². The fraction of sp³-hybridized carbons (Fsp3) is 0.304. The van der Waals surface area contributed by atoms with E-state index in [-0.39, 0.29) is 5.57 Å². The highest BCUT2D eigenvalue weighted by atomic mass is 16.5. The number of methoxy groups -OCH3 is 1. The molecule has 2 rings (SSSR count). The molecule has 0 atom stereocenters. The largest absolute Gasteiger partial charge is 0.493 e. The standard InChI is InChI=1S/C23H26N2O3/c1-5-17-6-9-20(10-7-17)25-23(26)19(14-24)12-18-8-11-21(27-4)22(13-18)28-15-16(2)3/h6-13,16H,5,15H2,1-4H3,(H,25,26)/b19-12+. The summed E-state index contributed by atoms with van der Waals surface area (Å²) in [5.41, 5.74) is 2.53. The molecule has 5 heteroatoms. The number of nitrogens with one attached hydrogen (secondary N) is 1. The van der Waals surface area contributed by atoms with Gasteiger partial charge < -0.3 is 14.8 Å². The molecule has 0 heterocycles. The van der Waals surface area contributed by atoms with Crippen LogP contribution in [0, 0.1) is 17.2 Å². The first-order valence-electron chi connectivity index (χ1n) is 9.29. The molecular weight excluding hydrogens is 352 g/mol. The van der Waals surface area contributed by atoms with E-state index in [4.69, 9.17) is 9.47 Å². The van der Waals surface area contributed by atoms with Crippen LogP contribution in [0.3, 0.4) is 0 Å². The summed E-state index contributed by atoms with van der Waals surface area (Å²) in [6.45, 7) is 6.73. The number of carbonyl (C=O) groups is 1. The van der Waals surface area contributed by atoms with Crippen molar-refractivity contribution in [1.29, 1.82) is 5.26 Å². The average molecular weight is 378 g/mol. The van der Waals surface area contributed by atoms with Crippen molar-refractivity contribution in [3.63, 3.8) is 0 Å². The van der Waals surface area contributed by atoms with Gasteiger partial charge in [-0.05, 0) is 53.8 Å². The molecule has 0 aromatic heterocycles. The summed E-state index contributed by atoms with van der Waals surface area (Å²) >= 11 is 0. The van der Waals surface area contributed by atoms with Crippen molar-refractivity contribution in [2.45, 2.75) is 27.2 Å². The number of nitrogens with zero attached hydrogens (tertiary/aromatic N) is 1. The number of anilines is 1. The van der Waals surface area contributed by atoms with Gasteiger partial charge in [-0.1, -0.05) is 39.0 Å². The second kappa shape index (κ2) is 10.2. The highest BCUT2D eigenvalue weighted by Crippen LogP contribution is 2.29. The Morgan fingerprint density at radius 2 is 1.89 bits per heavy atom. The number of hydrogen-bond donors (Lipinski definition) is 1. The number of nitriles is 1. The normalized spacial score (nSPS) is 11.1. The fourth-order valence-electron chi connectivity index (χ4n) is 2.49. The van der Waals surface area contributed by atoms with E-state index in [0.717, 1.165) is 6.42 Å². The van der Waals surface area contributed by atoms with E-state index >= 15 is 0 Å². The maximum Gasteiger partial charge on any atom is 0.266 e. The van der Waals surface area contributed by atoms with Gasteiger partial charge in [0.25, 0.3) is 5.91 Å². The van der Waals surface area contributed by atoms with Gasteiger partial charge in [0.2, 0.25) is 0 Å². The molecular formula is C23H26N2O3. The van der Waals surface area contributed by atoms with Crippen LogP contribution in [0.25, 0.3) is 6.08 Å². The summed E-state index contributed by atoms with van der Waals surface area (Å²) in [6, 6.07) is 14.8. The van der Waals surface area contributed by atoms with E-state index in [1.165, 1.54) is 11.6 Å². The van der Waals surface area contributed by atoms with Crippen molar-refractivity contribution >= 4 is 17.7 Å². The molecule has 0 fully saturated rings. The number of aryl methyl sites for hydroxylation is 1. The van der Waals surface area contributed by atoms with E-state index in [2.05, 4.69) is 26.1 Å². The predicted octanol–water partition coefficient (Wildman–Crippen LogP) is 4.84. The second-order valence-corrected chi connectivity index (χ2v) is 6.79. The molecule has 0 saturated carbocycles. The molecule has 0 bridgehead atoms. The molecule has 2 aromatic carbocycles. The molecule has 0 aliphatic rings. The maximum absolute atomic E-state index is 12.5. The lowest BCUT2D eigenvalue weighted by Gasteiger charge is -2.13. The smallest absolute Gasteiger partial charge is 0.266 e. The molecule has 0 radical (unpaired) electrons. The molecule has 146 valence electrons. The van der Waals surface area contributed by atoms with Crippen molar-refractivity contribution < 1.29 is 14.3 Å². The molecule has 5 nitrogen and oxygen atoms in total. The molecule has 0 spiro atoms. The van der Waals surface area contributed by atoms with E-state index in [9.17, 15) is 10.1 Å². The number of rotatable bonds is 8. The van der Waals surface area contributed by atoms with Crippen LogP contribution >= 0.6 is 0 Å². The molecule has 0 aliphatic carbocycles. The van der Waals surface area contributed by atoms with Crippen LogP contribution in [-0.2, 0) is 11.2 Å². The first kappa shape index (κ1) is 21.0. The molecule has 0 saturated heterocycles. The van der Waals surface area contributed by atoms with Crippen LogP contribution < -0.4 is 14.8 Å². The van der Waals surface area contributed by atoms with Gasteiger partial charge in [0.15, 0.2) is 11.5 Å². The molecule has 1 amide bonds. The summed E-state index contributed by atoms with van der Waals surface area (Å²) in [4.78, 5) is 12.5. The third kappa shape index (κ3) is 5.88. The first-order chi connectivity index (χ1) is 13.5. The van der Waals surface area contributed by atoms with Gasteiger partial charge in [0, 0.05) is 5.69 Å². The van der Waals surface area contributed by atoms with Crippen molar-refractivity contribution in [3.8, 4) is 17.6 Å². The molecule has 0 unspecified atom stereocenters. The molecule has 2 aromatic rings. The lowest BCUT2D eigenvalue weighted by Crippen LogP contribution is -2.13. The Kier molecular flexibility index (Phi) is 7.65. The Labute approximate surface area is 166 Å². The summed E-state index contributed by atoms with van der Waals surface area (Å²) in [7, 11) is 1.57. The lowest BCUT2D eigenvalue weighted by atomic mass is 10.1. The minimum Gasteiger partial charge on any atom is -0.493 e. The highest BCUT2D eigenvalue weighted by Gasteiger charge is 2.11. The van der Waals surface area contributed by atoms with Crippen molar-refractivity contribution in [2.24, 2.45) is 5.92 Å². The minimum atomic E-state index is -0.452. The average Bonchev–Trinajstić information content (AvgIpc) is 2.70. The van der Waals surface area contributed by atoms with Gasteiger partial charge in [-0.25, -0.2) is 0 Å². The molecule has 1 N–H and O–H groups in total. The van der Waals surface area contributed by atoms with Crippen molar-refractivity contribution in [3.05, 3.63) is 59.2 Å². The molecule has 0 aliphatic heterocycles.